The molecule has 2 atom stereocenters. The van der Waals surface area contributed by atoms with Gasteiger partial charge in [0.05, 0.1) is 6.10 Å². The van der Waals surface area contributed by atoms with Crippen LogP contribution in [0, 0.1) is 0 Å². The van der Waals surface area contributed by atoms with E-state index in [1.54, 1.807) is 6.20 Å². The van der Waals surface area contributed by atoms with Crippen molar-refractivity contribution in [3.63, 3.8) is 0 Å². The number of aromatic nitrogens is 1. The van der Waals surface area contributed by atoms with E-state index in [1.807, 2.05) is 12.1 Å². The lowest BCUT2D eigenvalue weighted by Gasteiger charge is -2.32. The quantitative estimate of drug-likeness (QED) is 0.746. The second-order valence-electron chi connectivity index (χ2n) is 3.13. The van der Waals surface area contributed by atoms with Crippen LogP contribution in [0.25, 0.3) is 0 Å². The monoisotopic (exact) mass is 227 g/mol. The van der Waals surface area contributed by atoms with Crippen molar-refractivity contribution in [2.45, 2.75) is 24.9 Å². The van der Waals surface area contributed by atoms with Crippen molar-refractivity contribution in [3.8, 4) is 0 Å². The van der Waals surface area contributed by atoms with Crippen molar-refractivity contribution < 1.29 is 5.11 Å². The molecule has 1 aromatic rings. The normalized spacial score (nSPS) is 28.2. The van der Waals surface area contributed by atoms with E-state index in [9.17, 15) is 5.11 Å². The summed E-state index contributed by atoms with van der Waals surface area (Å²) in [5, 5.41) is 9.44. The number of hydrogen-bond donors (Lipinski definition) is 1. The van der Waals surface area contributed by atoms with E-state index in [0.717, 1.165) is 23.0 Å². The van der Waals surface area contributed by atoms with Gasteiger partial charge >= 0.3 is 0 Å². The highest BCUT2D eigenvalue weighted by Gasteiger charge is 2.31. The molecule has 1 fully saturated rings. The zero-order valence-corrected chi connectivity index (χ0v) is 8.16. The SMILES string of the molecule is OC1CCC1c1cccnc1Br. The number of pyridine rings is 1. The second-order valence-corrected chi connectivity index (χ2v) is 3.89. The third kappa shape index (κ3) is 1.27. The first-order valence-electron chi connectivity index (χ1n) is 4.07. The molecule has 3 heteroatoms. The van der Waals surface area contributed by atoms with Crippen molar-refractivity contribution in [2.75, 3.05) is 0 Å². The second kappa shape index (κ2) is 3.15. The van der Waals surface area contributed by atoms with Crippen molar-refractivity contribution in [1.29, 1.82) is 0 Å². The Balaban J connectivity index is 2.27. The van der Waals surface area contributed by atoms with Crippen LogP contribution in [0.3, 0.4) is 0 Å². The molecule has 2 nitrogen and oxygen atoms in total. The van der Waals surface area contributed by atoms with Crippen LogP contribution < -0.4 is 0 Å². The van der Waals surface area contributed by atoms with Gasteiger partial charge in [0.2, 0.25) is 0 Å². The molecule has 0 saturated heterocycles. The number of aliphatic hydroxyl groups excluding tert-OH is 1. The Kier molecular flexibility index (Phi) is 2.15. The van der Waals surface area contributed by atoms with E-state index in [1.165, 1.54) is 0 Å². The molecule has 0 aromatic carbocycles. The molecular weight excluding hydrogens is 218 g/mol. The van der Waals surface area contributed by atoms with Gasteiger partial charge in [0, 0.05) is 12.1 Å². The van der Waals surface area contributed by atoms with E-state index in [0.29, 0.717) is 5.92 Å². The summed E-state index contributed by atoms with van der Waals surface area (Å²) in [6.45, 7) is 0. The molecule has 1 aliphatic rings. The summed E-state index contributed by atoms with van der Waals surface area (Å²) >= 11 is 3.38. The Bertz CT molecular complexity index is 290. The molecule has 2 unspecified atom stereocenters. The number of aliphatic hydroxyl groups is 1. The smallest absolute Gasteiger partial charge is 0.109 e. The molecule has 0 spiro atoms. The minimum absolute atomic E-state index is 0.162. The van der Waals surface area contributed by atoms with E-state index >= 15 is 0 Å². The highest BCUT2D eigenvalue weighted by molar-refractivity contribution is 9.10. The molecule has 12 heavy (non-hydrogen) atoms. The zero-order valence-electron chi connectivity index (χ0n) is 6.57. The maximum absolute atomic E-state index is 9.44. The van der Waals surface area contributed by atoms with Crippen LogP contribution in [0.1, 0.15) is 24.3 Å². The topological polar surface area (TPSA) is 33.1 Å². The molecular formula is C9H10BrNO. The number of halogens is 1. The highest BCUT2D eigenvalue weighted by atomic mass is 79.9. The summed E-state index contributed by atoms with van der Waals surface area (Å²) in [6, 6.07) is 3.93. The lowest BCUT2D eigenvalue weighted by molar-refractivity contribution is 0.0656. The van der Waals surface area contributed by atoms with Crippen LogP contribution in [-0.4, -0.2) is 16.2 Å². The van der Waals surface area contributed by atoms with Gasteiger partial charge in [-0.3, -0.25) is 0 Å². The minimum atomic E-state index is -0.162. The van der Waals surface area contributed by atoms with E-state index in [-0.39, 0.29) is 6.10 Å². The standard InChI is InChI=1S/C9H10BrNO/c10-9-7(2-1-5-11-9)6-3-4-8(6)12/h1-2,5-6,8,12H,3-4H2. The Morgan fingerprint density at radius 3 is 2.83 bits per heavy atom. The van der Waals surface area contributed by atoms with Crippen molar-refractivity contribution in [1.82, 2.24) is 4.98 Å². The molecule has 0 amide bonds. The largest absolute Gasteiger partial charge is 0.392 e. The predicted molar refractivity (Wildman–Crippen MR) is 49.9 cm³/mol. The number of nitrogens with zero attached hydrogens (tertiary/aromatic N) is 1. The summed E-state index contributed by atoms with van der Waals surface area (Å²) in [5.41, 5.74) is 1.14. The lowest BCUT2D eigenvalue weighted by atomic mass is 9.78. The van der Waals surface area contributed by atoms with Gasteiger partial charge < -0.3 is 5.11 Å². The Labute approximate surface area is 79.8 Å². The first-order chi connectivity index (χ1) is 5.79. The van der Waals surface area contributed by atoms with E-state index in [2.05, 4.69) is 20.9 Å². The number of hydrogen-bond acceptors (Lipinski definition) is 2. The average Bonchev–Trinajstić information content (AvgIpc) is 2.06. The van der Waals surface area contributed by atoms with Gasteiger partial charge in [0.1, 0.15) is 4.60 Å². The van der Waals surface area contributed by atoms with Gasteiger partial charge in [0.25, 0.3) is 0 Å². The van der Waals surface area contributed by atoms with Gasteiger partial charge in [-0.1, -0.05) is 6.07 Å². The third-order valence-electron chi connectivity index (χ3n) is 2.43. The van der Waals surface area contributed by atoms with E-state index in [4.69, 9.17) is 0 Å². The molecule has 0 bridgehead atoms. The molecule has 0 radical (unpaired) electrons. The average molecular weight is 228 g/mol. The molecule has 1 saturated carbocycles. The van der Waals surface area contributed by atoms with Gasteiger partial charge in [-0.2, -0.15) is 0 Å². The van der Waals surface area contributed by atoms with Gasteiger partial charge in [0.15, 0.2) is 0 Å². The molecule has 1 N–H and O–H groups in total. The van der Waals surface area contributed by atoms with Crippen LogP contribution in [-0.2, 0) is 0 Å². The summed E-state index contributed by atoms with van der Waals surface area (Å²) in [6.07, 6.45) is 3.58. The maximum atomic E-state index is 9.44. The predicted octanol–water partition coefficient (Wildman–Crippen LogP) is 2.08. The zero-order chi connectivity index (χ0) is 8.55. The number of rotatable bonds is 1. The molecule has 0 aliphatic heterocycles. The molecule has 2 rings (SSSR count). The molecule has 1 heterocycles. The first kappa shape index (κ1) is 8.20. The van der Waals surface area contributed by atoms with Crippen molar-refractivity contribution >= 4 is 15.9 Å². The third-order valence-corrected chi connectivity index (χ3v) is 3.09. The lowest BCUT2D eigenvalue weighted by Crippen LogP contribution is -2.29. The molecule has 1 aliphatic carbocycles. The van der Waals surface area contributed by atoms with Gasteiger partial charge in [-0.15, -0.1) is 0 Å². The van der Waals surface area contributed by atoms with Gasteiger partial charge in [-0.25, -0.2) is 4.98 Å². The summed E-state index contributed by atoms with van der Waals surface area (Å²) < 4.78 is 0.869. The Morgan fingerprint density at radius 1 is 1.50 bits per heavy atom. The minimum Gasteiger partial charge on any atom is -0.392 e. The van der Waals surface area contributed by atoms with Gasteiger partial charge in [-0.05, 0) is 40.4 Å². The van der Waals surface area contributed by atoms with Crippen LogP contribution >= 0.6 is 15.9 Å². The molecule has 64 valence electrons. The van der Waals surface area contributed by atoms with Crippen LogP contribution in [0.2, 0.25) is 0 Å². The Morgan fingerprint density at radius 2 is 2.33 bits per heavy atom. The Hall–Kier alpha value is -0.410. The summed E-state index contributed by atoms with van der Waals surface area (Å²) in [7, 11) is 0. The fraction of sp³-hybridized carbons (Fsp3) is 0.444. The highest BCUT2D eigenvalue weighted by Crippen LogP contribution is 2.39. The summed E-state index contributed by atoms with van der Waals surface area (Å²) in [4.78, 5) is 4.12. The van der Waals surface area contributed by atoms with Crippen LogP contribution in [0.5, 0.6) is 0 Å². The fourth-order valence-electron chi connectivity index (χ4n) is 1.52. The maximum Gasteiger partial charge on any atom is 0.109 e. The van der Waals surface area contributed by atoms with Crippen LogP contribution in [0.4, 0.5) is 0 Å². The van der Waals surface area contributed by atoms with Crippen molar-refractivity contribution in [3.05, 3.63) is 28.5 Å². The fourth-order valence-corrected chi connectivity index (χ4v) is 2.06. The first-order valence-corrected chi connectivity index (χ1v) is 4.87. The summed E-state index contributed by atoms with van der Waals surface area (Å²) in [5.74, 6) is 0.299. The molecule has 1 aromatic heterocycles. The van der Waals surface area contributed by atoms with Crippen LogP contribution in [0.15, 0.2) is 22.9 Å². The van der Waals surface area contributed by atoms with E-state index < -0.39 is 0 Å². The van der Waals surface area contributed by atoms with Crippen molar-refractivity contribution in [2.24, 2.45) is 0 Å².